The number of amides is 1. The van der Waals surface area contributed by atoms with Crippen molar-refractivity contribution in [2.24, 2.45) is 0 Å². The Morgan fingerprint density at radius 1 is 1.08 bits per heavy atom. The van der Waals surface area contributed by atoms with Gasteiger partial charge in [0.2, 0.25) is 0 Å². The highest BCUT2D eigenvalue weighted by Gasteiger charge is 2.34. The number of nitrogens with zero attached hydrogens (tertiary/aromatic N) is 4. The van der Waals surface area contributed by atoms with Crippen molar-refractivity contribution >= 4 is 17.5 Å². The maximum absolute atomic E-state index is 13.3. The molecule has 4 rings (SSSR count). The van der Waals surface area contributed by atoms with Crippen LogP contribution in [0.5, 0.6) is 0 Å². The van der Waals surface area contributed by atoms with Crippen LogP contribution in [0.3, 0.4) is 0 Å². The third-order valence-electron chi connectivity index (χ3n) is 5.76. The first-order valence-electron chi connectivity index (χ1n) is 9.56. The van der Waals surface area contributed by atoms with Crippen molar-refractivity contribution in [3.63, 3.8) is 0 Å². The van der Waals surface area contributed by atoms with E-state index in [2.05, 4.69) is 14.8 Å². The summed E-state index contributed by atoms with van der Waals surface area (Å²) >= 11 is 6.42. The first kappa shape index (κ1) is 17.5. The number of piperidine rings is 1. The predicted octanol–water partition coefficient (Wildman–Crippen LogP) is 4.25. The fraction of sp³-hybridized carbons (Fsp3) is 0.550. The monoisotopic (exact) mass is 372 g/mol. The number of benzene rings is 1. The topological polar surface area (TPSA) is 51.0 Å². The van der Waals surface area contributed by atoms with E-state index >= 15 is 0 Å². The van der Waals surface area contributed by atoms with Crippen molar-refractivity contribution in [3.05, 3.63) is 45.5 Å². The lowest BCUT2D eigenvalue weighted by molar-refractivity contribution is 0.0593. The normalized spacial score (nSPS) is 20.1. The van der Waals surface area contributed by atoms with Crippen LogP contribution in [0.1, 0.15) is 71.3 Å². The lowest BCUT2D eigenvalue weighted by Crippen LogP contribution is -2.40. The zero-order valence-electron chi connectivity index (χ0n) is 15.5. The zero-order valence-corrected chi connectivity index (χ0v) is 16.2. The second-order valence-corrected chi connectivity index (χ2v) is 7.92. The van der Waals surface area contributed by atoms with Gasteiger partial charge < -0.3 is 9.47 Å². The minimum Gasteiger partial charge on any atom is -0.328 e. The van der Waals surface area contributed by atoms with Gasteiger partial charge in [-0.15, -0.1) is 10.2 Å². The van der Waals surface area contributed by atoms with Gasteiger partial charge in [-0.05, 0) is 69.2 Å². The second-order valence-electron chi connectivity index (χ2n) is 7.51. The summed E-state index contributed by atoms with van der Waals surface area (Å²) in [6, 6.07) is 3.81. The Kier molecular flexibility index (Phi) is 4.74. The largest absolute Gasteiger partial charge is 0.328 e. The molecule has 1 aromatic carbocycles. The van der Waals surface area contributed by atoms with E-state index in [4.69, 9.17) is 11.6 Å². The van der Waals surface area contributed by atoms with Crippen LogP contribution in [-0.4, -0.2) is 32.1 Å². The summed E-state index contributed by atoms with van der Waals surface area (Å²) in [5.74, 6) is 2.03. The van der Waals surface area contributed by atoms with Gasteiger partial charge in [0.25, 0.3) is 5.91 Å². The van der Waals surface area contributed by atoms with Crippen molar-refractivity contribution in [1.29, 1.82) is 0 Å². The molecule has 1 aromatic heterocycles. The standard InChI is InChI=1S/C20H25ClN4O/c1-13-11-15(16(21)12-14(13)2)20(26)24-9-5-3-7-17(24)19-23-22-18-8-4-6-10-25(18)19/h11-12,17H,3-10H2,1-2H3. The highest BCUT2D eigenvalue weighted by Crippen LogP contribution is 2.34. The Bertz CT molecular complexity index is 845. The number of fused-ring (bicyclic) bond motifs is 1. The highest BCUT2D eigenvalue weighted by molar-refractivity contribution is 6.34. The Labute approximate surface area is 159 Å². The number of carbonyl (C=O) groups is 1. The Morgan fingerprint density at radius 2 is 1.85 bits per heavy atom. The Balaban J connectivity index is 1.69. The van der Waals surface area contributed by atoms with Gasteiger partial charge in [0.1, 0.15) is 5.82 Å². The van der Waals surface area contributed by atoms with Crippen LogP contribution in [0, 0.1) is 13.8 Å². The van der Waals surface area contributed by atoms with E-state index in [9.17, 15) is 4.79 Å². The minimum atomic E-state index is -0.00623. The molecule has 5 nitrogen and oxygen atoms in total. The highest BCUT2D eigenvalue weighted by atomic mass is 35.5. The van der Waals surface area contributed by atoms with Crippen molar-refractivity contribution in [2.75, 3.05) is 6.54 Å². The lowest BCUT2D eigenvalue weighted by atomic mass is 9.98. The molecule has 0 bridgehead atoms. The van der Waals surface area contributed by atoms with E-state index in [1.165, 1.54) is 6.42 Å². The summed E-state index contributed by atoms with van der Waals surface area (Å²) in [5, 5.41) is 9.41. The molecule has 0 N–H and O–H groups in total. The Hall–Kier alpha value is -1.88. The van der Waals surface area contributed by atoms with Crippen LogP contribution in [0.25, 0.3) is 0 Å². The van der Waals surface area contributed by atoms with E-state index in [-0.39, 0.29) is 11.9 Å². The summed E-state index contributed by atoms with van der Waals surface area (Å²) in [6.07, 6.45) is 6.37. The minimum absolute atomic E-state index is 0.00623. The molecule has 6 heteroatoms. The SMILES string of the molecule is Cc1cc(Cl)c(C(=O)N2CCCCC2c2nnc3n2CCCC3)cc1C. The molecule has 1 fully saturated rings. The first-order chi connectivity index (χ1) is 12.6. The maximum atomic E-state index is 13.3. The van der Waals surface area contributed by atoms with Crippen molar-refractivity contribution in [2.45, 2.75) is 65.0 Å². The third kappa shape index (κ3) is 3.02. The van der Waals surface area contributed by atoms with Crippen LogP contribution >= 0.6 is 11.6 Å². The molecule has 1 unspecified atom stereocenters. The molecular formula is C20H25ClN4O. The summed E-state index contributed by atoms with van der Waals surface area (Å²) < 4.78 is 2.24. The quantitative estimate of drug-likeness (QED) is 0.791. The molecule has 1 atom stereocenters. The molecular weight excluding hydrogens is 348 g/mol. The van der Waals surface area contributed by atoms with Crippen molar-refractivity contribution < 1.29 is 4.79 Å². The first-order valence-corrected chi connectivity index (χ1v) is 9.93. The number of hydrogen-bond acceptors (Lipinski definition) is 3. The molecule has 0 aliphatic carbocycles. The lowest BCUT2D eigenvalue weighted by Gasteiger charge is -2.36. The van der Waals surface area contributed by atoms with Gasteiger partial charge in [-0.3, -0.25) is 4.79 Å². The number of hydrogen-bond donors (Lipinski definition) is 0. The molecule has 2 aromatic rings. The molecule has 1 amide bonds. The fourth-order valence-corrected chi connectivity index (χ4v) is 4.42. The summed E-state index contributed by atoms with van der Waals surface area (Å²) in [6.45, 7) is 5.74. The van der Waals surface area contributed by atoms with Crippen molar-refractivity contribution in [3.8, 4) is 0 Å². The van der Waals surface area contributed by atoms with E-state index in [0.29, 0.717) is 10.6 Å². The number of carbonyl (C=O) groups excluding carboxylic acids is 1. The molecule has 0 saturated carbocycles. The molecule has 1 saturated heterocycles. The molecule has 2 aliphatic heterocycles. The van der Waals surface area contributed by atoms with Gasteiger partial charge in [-0.1, -0.05) is 11.6 Å². The fourth-order valence-electron chi connectivity index (χ4n) is 4.12. The molecule has 0 spiro atoms. The van der Waals surface area contributed by atoms with Gasteiger partial charge in [0, 0.05) is 19.5 Å². The van der Waals surface area contributed by atoms with Gasteiger partial charge >= 0.3 is 0 Å². The number of aryl methyl sites for hydroxylation is 3. The van der Waals surface area contributed by atoms with Crippen LogP contribution in [0.15, 0.2) is 12.1 Å². The number of likely N-dealkylation sites (tertiary alicyclic amines) is 1. The van der Waals surface area contributed by atoms with Gasteiger partial charge in [-0.2, -0.15) is 0 Å². The number of rotatable bonds is 2. The van der Waals surface area contributed by atoms with Gasteiger partial charge in [0.05, 0.1) is 16.6 Å². The third-order valence-corrected chi connectivity index (χ3v) is 6.08. The molecule has 138 valence electrons. The van der Waals surface area contributed by atoms with Gasteiger partial charge in [0.15, 0.2) is 5.82 Å². The molecule has 2 aliphatic rings. The zero-order chi connectivity index (χ0) is 18.3. The van der Waals surface area contributed by atoms with E-state index in [0.717, 1.165) is 68.0 Å². The van der Waals surface area contributed by atoms with Gasteiger partial charge in [-0.25, -0.2) is 0 Å². The van der Waals surface area contributed by atoms with Crippen LogP contribution in [-0.2, 0) is 13.0 Å². The smallest absolute Gasteiger partial charge is 0.255 e. The van der Waals surface area contributed by atoms with E-state index in [1.807, 2.05) is 30.9 Å². The predicted molar refractivity (Wildman–Crippen MR) is 102 cm³/mol. The number of halogens is 1. The average molecular weight is 373 g/mol. The number of aromatic nitrogens is 3. The molecule has 26 heavy (non-hydrogen) atoms. The summed E-state index contributed by atoms with van der Waals surface area (Å²) in [4.78, 5) is 15.3. The van der Waals surface area contributed by atoms with E-state index in [1.54, 1.807) is 0 Å². The van der Waals surface area contributed by atoms with Crippen LogP contribution in [0.2, 0.25) is 5.02 Å². The molecule has 0 radical (unpaired) electrons. The summed E-state index contributed by atoms with van der Waals surface area (Å²) in [5.41, 5.74) is 2.79. The second kappa shape index (κ2) is 7.03. The molecule has 3 heterocycles. The average Bonchev–Trinajstić information content (AvgIpc) is 3.08. The Morgan fingerprint density at radius 3 is 2.69 bits per heavy atom. The van der Waals surface area contributed by atoms with Crippen LogP contribution < -0.4 is 0 Å². The van der Waals surface area contributed by atoms with Crippen LogP contribution in [0.4, 0.5) is 0 Å². The maximum Gasteiger partial charge on any atom is 0.255 e. The van der Waals surface area contributed by atoms with E-state index < -0.39 is 0 Å². The van der Waals surface area contributed by atoms with Crippen molar-refractivity contribution in [1.82, 2.24) is 19.7 Å². The summed E-state index contributed by atoms with van der Waals surface area (Å²) in [7, 11) is 0.